The summed E-state index contributed by atoms with van der Waals surface area (Å²) in [5.74, 6) is 0. The van der Waals surface area contributed by atoms with Crippen LogP contribution >= 0.6 is 46.4 Å². The van der Waals surface area contributed by atoms with Gasteiger partial charge in [0, 0.05) is 5.02 Å². The Kier molecular flexibility index (Phi) is 4.96. The summed E-state index contributed by atoms with van der Waals surface area (Å²) in [4.78, 5) is 11.8. The Labute approximate surface area is 137 Å². The molecule has 0 aromatic heterocycles. The highest BCUT2D eigenvalue weighted by Gasteiger charge is 2.41. The fraction of sp³-hybridized carbons (Fsp3) is 0.462. The zero-order valence-corrected chi connectivity index (χ0v) is 13.5. The molecule has 1 fully saturated rings. The van der Waals surface area contributed by atoms with E-state index in [1.165, 1.54) is 0 Å². The second kappa shape index (κ2) is 6.18. The fourth-order valence-corrected chi connectivity index (χ4v) is 2.54. The maximum absolute atomic E-state index is 11.8. The van der Waals surface area contributed by atoms with Crippen molar-refractivity contribution in [2.75, 3.05) is 6.61 Å². The van der Waals surface area contributed by atoms with Gasteiger partial charge in [-0.3, -0.25) is 0 Å². The zero-order valence-electron chi connectivity index (χ0n) is 10.5. The molecular formula is C13H13Cl4NO2. The van der Waals surface area contributed by atoms with Gasteiger partial charge in [0.1, 0.15) is 6.61 Å². The standard InChI is InChI=1S/C13H13Cl4NO2/c14-10-4-1-3-9(7-10)12(5-2-6-12)18-11(19)20-8-13(15,16)17/h1,3-4,7H,2,5-6,8H2,(H,18,19). The summed E-state index contributed by atoms with van der Waals surface area (Å²) >= 11 is 22.6. The van der Waals surface area contributed by atoms with E-state index in [-0.39, 0.29) is 6.61 Å². The summed E-state index contributed by atoms with van der Waals surface area (Å²) in [6.45, 7) is -0.297. The number of hydrogen-bond donors (Lipinski definition) is 1. The van der Waals surface area contributed by atoms with Crippen molar-refractivity contribution < 1.29 is 9.53 Å². The van der Waals surface area contributed by atoms with Gasteiger partial charge in [-0.2, -0.15) is 0 Å². The quantitative estimate of drug-likeness (QED) is 0.788. The van der Waals surface area contributed by atoms with Crippen molar-refractivity contribution in [2.45, 2.75) is 28.6 Å². The predicted molar refractivity (Wildman–Crippen MR) is 81.8 cm³/mol. The first-order chi connectivity index (χ1) is 9.31. The number of nitrogens with one attached hydrogen (secondary N) is 1. The van der Waals surface area contributed by atoms with Crippen molar-refractivity contribution in [1.82, 2.24) is 5.32 Å². The van der Waals surface area contributed by atoms with Crippen LogP contribution in [0.5, 0.6) is 0 Å². The lowest BCUT2D eigenvalue weighted by Crippen LogP contribution is -2.51. The van der Waals surface area contributed by atoms with Crippen LogP contribution in [0.25, 0.3) is 0 Å². The molecule has 2 rings (SSSR count). The van der Waals surface area contributed by atoms with Crippen LogP contribution in [0.4, 0.5) is 4.79 Å². The van der Waals surface area contributed by atoms with E-state index in [0.29, 0.717) is 5.02 Å². The van der Waals surface area contributed by atoms with Gasteiger partial charge in [-0.1, -0.05) is 58.5 Å². The van der Waals surface area contributed by atoms with Crippen LogP contribution in [0.15, 0.2) is 24.3 Å². The van der Waals surface area contributed by atoms with Crippen LogP contribution in [0.1, 0.15) is 24.8 Å². The van der Waals surface area contributed by atoms with Gasteiger partial charge >= 0.3 is 6.09 Å². The molecular weight excluding hydrogens is 344 g/mol. The normalized spacial score (nSPS) is 17.2. The van der Waals surface area contributed by atoms with Gasteiger partial charge in [-0.15, -0.1) is 0 Å². The summed E-state index contributed by atoms with van der Waals surface area (Å²) in [6, 6.07) is 7.42. The number of carbonyl (C=O) groups excluding carboxylic acids is 1. The SMILES string of the molecule is O=C(NC1(c2cccc(Cl)c2)CCC1)OCC(Cl)(Cl)Cl. The van der Waals surface area contributed by atoms with Crippen molar-refractivity contribution >= 4 is 52.5 Å². The Morgan fingerprint density at radius 1 is 1.35 bits per heavy atom. The molecule has 7 heteroatoms. The average molecular weight is 357 g/mol. The van der Waals surface area contributed by atoms with E-state index >= 15 is 0 Å². The van der Waals surface area contributed by atoms with E-state index in [2.05, 4.69) is 5.32 Å². The molecule has 1 aromatic carbocycles. The second-order valence-electron chi connectivity index (χ2n) is 4.76. The Balaban J connectivity index is 2.03. The number of alkyl carbamates (subject to hydrolysis) is 1. The van der Waals surface area contributed by atoms with E-state index in [0.717, 1.165) is 24.8 Å². The number of ether oxygens (including phenoxy) is 1. The molecule has 110 valence electrons. The molecule has 1 saturated carbocycles. The highest BCUT2D eigenvalue weighted by Crippen LogP contribution is 2.42. The smallest absolute Gasteiger partial charge is 0.407 e. The van der Waals surface area contributed by atoms with Crippen molar-refractivity contribution in [3.05, 3.63) is 34.9 Å². The molecule has 1 aliphatic rings. The van der Waals surface area contributed by atoms with Gasteiger partial charge < -0.3 is 10.1 Å². The molecule has 3 nitrogen and oxygen atoms in total. The number of hydrogen-bond acceptors (Lipinski definition) is 2. The first-order valence-corrected chi connectivity index (χ1v) is 7.60. The summed E-state index contributed by atoms with van der Waals surface area (Å²) in [5, 5.41) is 3.48. The van der Waals surface area contributed by atoms with E-state index < -0.39 is 15.4 Å². The summed E-state index contributed by atoms with van der Waals surface area (Å²) in [6.07, 6.45) is 2.08. The molecule has 0 atom stereocenters. The molecule has 1 aromatic rings. The van der Waals surface area contributed by atoms with Crippen LogP contribution in [0.3, 0.4) is 0 Å². The van der Waals surface area contributed by atoms with Crippen LogP contribution in [0.2, 0.25) is 5.02 Å². The minimum absolute atomic E-state index is 0.297. The minimum Gasteiger partial charge on any atom is -0.445 e. The Morgan fingerprint density at radius 2 is 2.05 bits per heavy atom. The van der Waals surface area contributed by atoms with Gasteiger partial charge in [0.2, 0.25) is 3.79 Å². The highest BCUT2D eigenvalue weighted by atomic mass is 35.6. The Morgan fingerprint density at radius 3 is 2.55 bits per heavy atom. The monoisotopic (exact) mass is 355 g/mol. The maximum Gasteiger partial charge on any atom is 0.407 e. The number of alkyl halides is 3. The molecule has 1 amide bonds. The third-order valence-corrected chi connectivity index (χ3v) is 3.85. The number of carbonyl (C=O) groups is 1. The zero-order chi connectivity index (χ0) is 14.8. The second-order valence-corrected chi connectivity index (χ2v) is 7.71. The van der Waals surface area contributed by atoms with Gasteiger partial charge in [0.05, 0.1) is 5.54 Å². The van der Waals surface area contributed by atoms with E-state index in [9.17, 15) is 4.79 Å². The molecule has 0 spiro atoms. The minimum atomic E-state index is -1.61. The molecule has 0 bridgehead atoms. The Bertz CT molecular complexity index is 497. The molecule has 20 heavy (non-hydrogen) atoms. The molecule has 0 radical (unpaired) electrons. The third kappa shape index (κ3) is 4.08. The third-order valence-electron chi connectivity index (χ3n) is 3.29. The largest absolute Gasteiger partial charge is 0.445 e. The van der Waals surface area contributed by atoms with E-state index in [4.69, 9.17) is 51.1 Å². The summed E-state index contributed by atoms with van der Waals surface area (Å²) in [7, 11) is 0. The predicted octanol–water partition coefficient (Wildman–Crippen LogP) is 4.82. The fourth-order valence-electron chi connectivity index (χ4n) is 2.18. The van der Waals surface area contributed by atoms with Crippen LogP contribution in [-0.4, -0.2) is 16.5 Å². The summed E-state index contributed by atoms with van der Waals surface area (Å²) < 4.78 is 3.30. The van der Waals surface area contributed by atoms with Crippen molar-refractivity contribution in [1.29, 1.82) is 0 Å². The van der Waals surface area contributed by atoms with Crippen molar-refractivity contribution in [3.8, 4) is 0 Å². The average Bonchev–Trinajstić information content (AvgIpc) is 2.30. The van der Waals surface area contributed by atoms with Crippen LogP contribution < -0.4 is 5.32 Å². The lowest BCUT2D eigenvalue weighted by molar-refractivity contribution is 0.112. The Hall–Kier alpha value is -0.350. The first kappa shape index (κ1) is 16.0. The van der Waals surface area contributed by atoms with Gasteiger partial charge in [0.15, 0.2) is 0 Å². The molecule has 0 saturated heterocycles. The molecule has 0 aliphatic heterocycles. The van der Waals surface area contributed by atoms with Crippen molar-refractivity contribution in [2.24, 2.45) is 0 Å². The number of rotatable bonds is 3. The van der Waals surface area contributed by atoms with Crippen molar-refractivity contribution in [3.63, 3.8) is 0 Å². The molecule has 0 heterocycles. The lowest BCUT2D eigenvalue weighted by atomic mass is 9.72. The summed E-state index contributed by atoms with van der Waals surface area (Å²) in [5.41, 5.74) is 0.525. The molecule has 1 aliphatic carbocycles. The maximum atomic E-state index is 11.8. The van der Waals surface area contributed by atoms with E-state index in [1.54, 1.807) is 6.07 Å². The lowest BCUT2D eigenvalue weighted by Gasteiger charge is -2.42. The topological polar surface area (TPSA) is 38.3 Å². The van der Waals surface area contributed by atoms with Crippen LogP contribution in [0, 0.1) is 0 Å². The van der Waals surface area contributed by atoms with Gasteiger partial charge in [-0.05, 0) is 37.0 Å². The van der Waals surface area contributed by atoms with Crippen LogP contribution in [-0.2, 0) is 10.3 Å². The highest BCUT2D eigenvalue weighted by molar-refractivity contribution is 6.67. The van der Waals surface area contributed by atoms with E-state index in [1.807, 2.05) is 18.2 Å². The first-order valence-electron chi connectivity index (χ1n) is 6.08. The van der Waals surface area contributed by atoms with Gasteiger partial charge in [-0.25, -0.2) is 4.79 Å². The number of amides is 1. The number of benzene rings is 1. The molecule has 1 N–H and O–H groups in total. The number of halogens is 4. The molecule has 0 unspecified atom stereocenters. The van der Waals surface area contributed by atoms with Gasteiger partial charge in [0.25, 0.3) is 0 Å².